The quantitative estimate of drug-likeness (QED) is 0.730. The van der Waals surface area contributed by atoms with Crippen molar-refractivity contribution in [3.8, 4) is 0 Å². The zero-order valence-electron chi connectivity index (χ0n) is 13.3. The van der Waals surface area contributed by atoms with Crippen molar-refractivity contribution in [3.05, 3.63) is 11.8 Å². The van der Waals surface area contributed by atoms with Gasteiger partial charge >= 0.3 is 0 Å². The Labute approximate surface area is 132 Å². The van der Waals surface area contributed by atoms with Crippen LogP contribution in [-0.4, -0.2) is 50.3 Å². The van der Waals surface area contributed by atoms with Crippen molar-refractivity contribution in [2.24, 2.45) is 0 Å². The van der Waals surface area contributed by atoms with E-state index in [9.17, 15) is 8.42 Å². The van der Waals surface area contributed by atoms with Gasteiger partial charge in [-0.2, -0.15) is 4.98 Å². The Morgan fingerprint density at radius 2 is 1.91 bits per heavy atom. The number of aryl methyl sites for hydroxylation is 1. The molecule has 1 aliphatic heterocycles. The molecular weight excluding hydrogens is 302 g/mol. The molecule has 0 radical (unpaired) electrons. The Hall–Kier alpha value is -1.41. The van der Waals surface area contributed by atoms with Crippen LogP contribution < -0.4 is 14.9 Å². The van der Waals surface area contributed by atoms with Gasteiger partial charge in [0.15, 0.2) is 0 Å². The van der Waals surface area contributed by atoms with Gasteiger partial charge in [0.25, 0.3) is 0 Å². The highest BCUT2D eigenvalue weighted by atomic mass is 32.2. The summed E-state index contributed by atoms with van der Waals surface area (Å²) in [4.78, 5) is 11.2. The average Bonchev–Trinajstić information content (AvgIpc) is 2.52. The number of nitrogens with zero attached hydrogens (tertiary/aromatic N) is 3. The number of aromatic nitrogens is 2. The predicted molar refractivity (Wildman–Crippen MR) is 88.8 cm³/mol. The second-order valence-corrected chi connectivity index (χ2v) is 7.56. The molecule has 2 rings (SSSR count). The number of rotatable bonds is 7. The van der Waals surface area contributed by atoms with E-state index in [0.717, 1.165) is 24.6 Å². The summed E-state index contributed by atoms with van der Waals surface area (Å²) in [7, 11) is -3.15. The highest BCUT2D eigenvalue weighted by molar-refractivity contribution is 7.89. The summed E-state index contributed by atoms with van der Waals surface area (Å²) in [6, 6.07) is 2.00. The first kappa shape index (κ1) is 17.0. The fraction of sp³-hybridized carbons (Fsp3) is 0.714. The maximum Gasteiger partial charge on any atom is 0.224 e. The van der Waals surface area contributed by atoms with Crippen LogP contribution in [0.3, 0.4) is 0 Å². The third kappa shape index (κ3) is 5.10. The van der Waals surface area contributed by atoms with Crippen molar-refractivity contribution < 1.29 is 8.42 Å². The van der Waals surface area contributed by atoms with Crippen molar-refractivity contribution >= 4 is 21.8 Å². The highest BCUT2D eigenvalue weighted by Gasteiger charge is 2.13. The van der Waals surface area contributed by atoms with Crippen molar-refractivity contribution in [1.29, 1.82) is 0 Å². The SMILES string of the molecule is CCS(=O)(=O)NCCNc1nc(C)cc(N2CCCCC2)n1. The molecule has 1 aromatic rings. The van der Waals surface area contributed by atoms with Gasteiger partial charge in [-0.05, 0) is 33.1 Å². The average molecular weight is 327 g/mol. The van der Waals surface area contributed by atoms with Crippen LogP contribution in [0, 0.1) is 6.92 Å². The van der Waals surface area contributed by atoms with Crippen LogP contribution in [0.25, 0.3) is 0 Å². The maximum atomic E-state index is 11.3. The third-order valence-electron chi connectivity index (χ3n) is 3.63. The molecule has 7 nitrogen and oxygen atoms in total. The van der Waals surface area contributed by atoms with E-state index in [0.29, 0.717) is 19.0 Å². The van der Waals surface area contributed by atoms with Crippen LogP contribution in [0.2, 0.25) is 0 Å². The molecule has 0 spiro atoms. The monoisotopic (exact) mass is 327 g/mol. The lowest BCUT2D eigenvalue weighted by Crippen LogP contribution is -2.31. The minimum absolute atomic E-state index is 0.0903. The third-order valence-corrected chi connectivity index (χ3v) is 5.03. The Morgan fingerprint density at radius 1 is 1.18 bits per heavy atom. The molecule has 124 valence electrons. The molecular formula is C14H25N5O2S. The summed E-state index contributed by atoms with van der Waals surface area (Å²) in [5.74, 6) is 1.59. The van der Waals surface area contributed by atoms with Gasteiger partial charge in [0.2, 0.25) is 16.0 Å². The lowest BCUT2D eigenvalue weighted by molar-refractivity contribution is 0.573. The summed E-state index contributed by atoms with van der Waals surface area (Å²) >= 11 is 0. The van der Waals surface area contributed by atoms with E-state index in [1.165, 1.54) is 19.3 Å². The molecule has 2 heterocycles. The molecule has 1 saturated heterocycles. The standard InChI is InChI=1S/C14H25N5O2S/c1-3-22(20,21)16-8-7-15-14-17-12(2)11-13(18-14)19-9-5-4-6-10-19/h11,16H,3-10H2,1-2H3,(H,15,17,18). The predicted octanol–water partition coefficient (Wildman–Crippen LogP) is 1.13. The minimum atomic E-state index is -3.15. The number of hydrogen-bond acceptors (Lipinski definition) is 6. The van der Waals surface area contributed by atoms with Crippen LogP contribution in [0.1, 0.15) is 31.9 Å². The van der Waals surface area contributed by atoms with Crippen LogP contribution in [0.5, 0.6) is 0 Å². The number of piperidine rings is 1. The van der Waals surface area contributed by atoms with E-state index in [-0.39, 0.29) is 5.75 Å². The summed E-state index contributed by atoms with van der Waals surface area (Å²) in [6.07, 6.45) is 3.68. The van der Waals surface area contributed by atoms with E-state index in [4.69, 9.17) is 0 Å². The first-order chi connectivity index (χ1) is 10.5. The van der Waals surface area contributed by atoms with Crippen LogP contribution in [0.15, 0.2) is 6.07 Å². The summed E-state index contributed by atoms with van der Waals surface area (Å²) in [6.45, 7) is 6.41. The molecule has 1 aliphatic rings. The van der Waals surface area contributed by atoms with Gasteiger partial charge in [-0.25, -0.2) is 18.1 Å². The molecule has 0 unspecified atom stereocenters. The fourth-order valence-corrected chi connectivity index (χ4v) is 3.02. The van der Waals surface area contributed by atoms with Crippen LogP contribution in [0.4, 0.5) is 11.8 Å². The van der Waals surface area contributed by atoms with Gasteiger partial charge in [0.1, 0.15) is 5.82 Å². The van der Waals surface area contributed by atoms with Crippen LogP contribution in [-0.2, 0) is 10.0 Å². The Bertz CT molecular complexity index is 585. The van der Waals surface area contributed by atoms with Gasteiger partial charge < -0.3 is 10.2 Å². The Morgan fingerprint density at radius 3 is 2.59 bits per heavy atom. The van der Waals surface area contributed by atoms with E-state index < -0.39 is 10.0 Å². The summed E-state index contributed by atoms with van der Waals surface area (Å²) in [5, 5.41) is 3.09. The second kappa shape index (κ2) is 7.73. The molecule has 1 fully saturated rings. The molecule has 22 heavy (non-hydrogen) atoms. The molecule has 2 N–H and O–H groups in total. The molecule has 0 aromatic carbocycles. The van der Waals surface area contributed by atoms with Crippen molar-refractivity contribution in [1.82, 2.24) is 14.7 Å². The fourth-order valence-electron chi connectivity index (χ4n) is 2.40. The van der Waals surface area contributed by atoms with Crippen LogP contribution >= 0.6 is 0 Å². The van der Waals surface area contributed by atoms with Crippen molar-refractivity contribution in [2.45, 2.75) is 33.1 Å². The van der Waals surface area contributed by atoms with E-state index >= 15 is 0 Å². The Kier molecular flexibility index (Phi) is 5.96. The zero-order valence-corrected chi connectivity index (χ0v) is 14.1. The van der Waals surface area contributed by atoms with Gasteiger partial charge in [0, 0.05) is 37.9 Å². The number of nitrogens with one attached hydrogen (secondary N) is 2. The van der Waals surface area contributed by atoms with E-state index in [1.807, 2.05) is 13.0 Å². The minimum Gasteiger partial charge on any atom is -0.356 e. The topological polar surface area (TPSA) is 87.2 Å². The molecule has 8 heteroatoms. The molecule has 0 atom stereocenters. The van der Waals surface area contributed by atoms with E-state index in [1.54, 1.807) is 6.92 Å². The molecule has 0 saturated carbocycles. The van der Waals surface area contributed by atoms with Gasteiger partial charge in [-0.1, -0.05) is 0 Å². The molecule has 0 amide bonds. The summed E-state index contributed by atoms with van der Waals surface area (Å²) < 4.78 is 25.2. The zero-order chi connectivity index (χ0) is 16.0. The largest absolute Gasteiger partial charge is 0.356 e. The maximum absolute atomic E-state index is 11.3. The first-order valence-electron chi connectivity index (χ1n) is 7.82. The lowest BCUT2D eigenvalue weighted by atomic mass is 10.1. The first-order valence-corrected chi connectivity index (χ1v) is 9.47. The Balaban J connectivity index is 1.92. The smallest absolute Gasteiger partial charge is 0.224 e. The molecule has 0 bridgehead atoms. The highest BCUT2D eigenvalue weighted by Crippen LogP contribution is 2.19. The van der Waals surface area contributed by atoms with E-state index in [2.05, 4.69) is 24.9 Å². The van der Waals surface area contributed by atoms with Crippen molar-refractivity contribution in [3.63, 3.8) is 0 Å². The normalized spacial score (nSPS) is 15.8. The lowest BCUT2D eigenvalue weighted by Gasteiger charge is -2.28. The van der Waals surface area contributed by atoms with Gasteiger partial charge in [-0.15, -0.1) is 0 Å². The summed E-state index contributed by atoms with van der Waals surface area (Å²) in [5.41, 5.74) is 0.909. The second-order valence-electron chi connectivity index (χ2n) is 5.46. The van der Waals surface area contributed by atoms with Crippen molar-refractivity contribution in [2.75, 3.05) is 42.1 Å². The van der Waals surface area contributed by atoms with Gasteiger partial charge in [-0.3, -0.25) is 0 Å². The number of anilines is 2. The number of sulfonamides is 1. The molecule has 1 aromatic heterocycles. The molecule has 0 aliphatic carbocycles. The number of hydrogen-bond donors (Lipinski definition) is 2. The van der Waals surface area contributed by atoms with Gasteiger partial charge in [0.05, 0.1) is 5.75 Å².